The highest BCUT2D eigenvalue weighted by molar-refractivity contribution is 6.83. The van der Waals surface area contributed by atoms with Gasteiger partial charge in [-0.2, -0.15) is 0 Å². The van der Waals surface area contributed by atoms with Gasteiger partial charge in [-0.1, -0.05) is 61.3 Å². The van der Waals surface area contributed by atoms with Gasteiger partial charge in [0, 0.05) is 0 Å². The van der Waals surface area contributed by atoms with Crippen molar-refractivity contribution in [3.8, 4) is 0 Å². The molecule has 0 saturated carbocycles. The number of allylic oxidation sites excluding steroid dienone is 5. The summed E-state index contributed by atoms with van der Waals surface area (Å²) in [7, 11) is 0.758. The number of nitrogens with one attached hydrogen (secondary N) is 1. The van der Waals surface area contributed by atoms with Crippen molar-refractivity contribution in [2.45, 2.75) is 71.4 Å². The first-order chi connectivity index (χ1) is 11.8. The Morgan fingerprint density at radius 3 is 2.64 bits per heavy atom. The van der Waals surface area contributed by atoms with E-state index in [1.165, 1.54) is 31.3 Å². The first-order valence-electron chi connectivity index (χ1n) is 9.63. The van der Waals surface area contributed by atoms with E-state index >= 15 is 0 Å². The van der Waals surface area contributed by atoms with Crippen molar-refractivity contribution in [3.63, 3.8) is 0 Å². The summed E-state index contributed by atoms with van der Waals surface area (Å²) in [5.74, 6) is 0. The van der Waals surface area contributed by atoms with Gasteiger partial charge in [0.2, 0.25) is 0 Å². The normalized spacial score (nSPS) is 23.2. The van der Waals surface area contributed by atoms with Crippen LogP contribution in [0.4, 0.5) is 0 Å². The van der Waals surface area contributed by atoms with E-state index in [9.17, 15) is 0 Å². The first-order valence-corrected chi connectivity index (χ1v) is 13.1. The largest absolute Gasteiger partial charge is 0.352 e. The molecule has 0 saturated heterocycles. The fourth-order valence-corrected chi connectivity index (χ4v) is 5.45. The predicted molar refractivity (Wildman–Crippen MR) is 114 cm³/mol. The number of rotatable bonds is 6. The molecule has 0 spiro atoms. The zero-order valence-electron chi connectivity index (χ0n) is 17.0. The molecule has 2 atom stereocenters. The fourth-order valence-electron chi connectivity index (χ4n) is 4.02. The summed E-state index contributed by atoms with van der Waals surface area (Å²) in [6, 6.07) is 0.476. The van der Waals surface area contributed by atoms with Gasteiger partial charge in [-0.15, -0.1) is 0 Å². The van der Waals surface area contributed by atoms with Crippen LogP contribution in [0, 0.1) is 0 Å². The highest BCUT2D eigenvalue weighted by Gasteiger charge is 2.34. The average molecular weight is 357 g/mol. The van der Waals surface area contributed by atoms with E-state index in [1.54, 1.807) is 10.8 Å². The van der Waals surface area contributed by atoms with E-state index in [1.807, 2.05) is 0 Å². The summed E-state index contributed by atoms with van der Waals surface area (Å²) >= 11 is 0. The Kier molecular flexibility index (Phi) is 6.70. The lowest BCUT2D eigenvalue weighted by molar-refractivity contribution is 0.206. The van der Waals surface area contributed by atoms with E-state index in [4.69, 9.17) is 0 Å². The van der Waals surface area contributed by atoms with E-state index < -0.39 is 8.07 Å². The molecule has 0 amide bonds. The van der Waals surface area contributed by atoms with E-state index in [-0.39, 0.29) is 6.17 Å². The van der Waals surface area contributed by atoms with Crippen molar-refractivity contribution in [1.82, 2.24) is 10.2 Å². The minimum atomic E-state index is -1.29. The summed E-state index contributed by atoms with van der Waals surface area (Å²) in [6.45, 7) is 16.1. The van der Waals surface area contributed by atoms with Crippen molar-refractivity contribution >= 4 is 8.07 Å². The van der Waals surface area contributed by atoms with Crippen molar-refractivity contribution in [2.75, 3.05) is 7.05 Å². The molecule has 1 aliphatic heterocycles. The molecule has 0 aromatic rings. The molecule has 2 aliphatic rings. The predicted octanol–water partition coefficient (Wildman–Crippen LogP) is 5.56. The number of likely N-dealkylation sites (N-methyl/N-ethyl adjacent to an activating group) is 1. The topological polar surface area (TPSA) is 15.3 Å². The molecule has 0 fully saturated rings. The smallest absolute Gasteiger partial charge is 0.105 e. The third-order valence-electron chi connectivity index (χ3n) is 5.48. The maximum Gasteiger partial charge on any atom is 0.105 e. The second-order valence-corrected chi connectivity index (χ2v) is 13.5. The van der Waals surface area contributed by atoms with Crippen LogP contribution < -0.4 is 5.32 Å². The molecule has 0 aromatic heterocycles. The maximum atomic E-state index is 4.34. The van der Waals surface area contributed by atoms with Crippen LogP contribution in [0.25, 0.3) is 0 Å². The molecule has 1 heterocycles. The van der Waals surface area contributed by atoms with Gasteiger partial charge >= 0.3 is 0 Å². The Morgan fingerprint density at radius 1 is 1.36 bits per heavy atom. The molecule has 2 rings (SSSR count). The molecule has 0 radical (unpaired) electrons. The Labute approximate surface area is 156 Å². The molecule has 0 bridgehead atoms. The van der Waals surface area contributed by atoms with Gasteiger partial charge in [-0.05, 0) is 63.9 Å². The summed E-state index contributed by atoms with van der Waals surface area (Å²) in [6.07, 6.45) is 16.3. The van der Waals surface area contributed by atoms with Gasteiger partial charge in [-0.25, -0.2) is 0 Å². The lowest BCUT2D eigenvalue weighted by Gasteiger charge is -2.45. The monoisotopic (exact) mass is 356 g/mol. The van der Waals surface area contributed by atoms with Crippen LogP contribution in [-0.2, 0) is 0 Å². The minimum absolute atomic E-state index is 0.152. The second-order valence-electron chi connectivity index (χ2n) is 8.32. The number of hydrogen-bond acceptors (Lipinski definition) is 2. The number of hydrogen-bond donors (Lipinski definition) is 1. The zero-order chi connectivity index (χ0) is 18.6. The third-order valence-corrected chi connectivity index (χ3v) is 7.78. The summed E-state index contributed by atoms with van der Waals surface area (Å²) in [4.78, 5) is 2.57. The molecular formula is C22H36N2Si. The molecule has 138 valence electrons. The standard InChI is InChI=1S/C22H36N2Si/c1-8-11-18(3)22(23-4)24-16-19(25(5,6)7)14-15-21(24)20-13-10-9-12-17(20)2/h8-9,11-12,16,21-23H,3,10,13-15H2,1-2,4-7H3/b11-8-. The SMILES string of the molecule is C=C(/C=C\C)C(NC)N1C=C([Si](C)(C)C)CCC1C1=C(C)C=CCC1. The van der Waals surface area contributed by atoms with Crippen LogP contribution in [0.1, 0.15) is 39.5 Å². The fraction of sp³-hybridized carbons (Fsp3) is 0.545. The van der Waals surface area contributed by atoms with Crippen molar-refractivity contribution in [2.24, 2.45) is 0 Å². The quantitative estimate of drug-likeness (QED) is 0.495. The van der Waals surface area contributed by atoms with Crippen molar-refractivity contribution < 1.29 is 0 Å². The van der Waals surface area contributed by atoms with E-state index in [2.05, 4.69) is 87.8 Å². The Hall–Kier alpha value is -1.32. The van der Waals surface area contributed by atoms with E-state index in [0.717, 1.165) is 5.57 Å². The number of nitrogens with zero attached hydrogens (tertiary/aromatic N) is 1. The first kappa shape index (κ1) is 20.0. The summed E-state index contributed by atoms with van der Waals surface area (Å²) in [5, 5.41) is 5.19. The maximum absolute atomic E-state index is 4.34. The molecular weight excluding hydrogens is 320 g/mol. The molecule has 25 heavy (non-hydrogen) atoms. The zero-order valence-corrected chi connectivity index (χ0v) is 18.0. The third kappa shape index (κ3) is 4.65. The van der Waals surface area contributed by atoms with Crippen LogP contribution >= 0.6 is 0 Å². The van der Waals surface area contributed by atoms with Gasteiger partial charge in [0.1, 0.15) is 6.17 Å². The van der Waals surface area contributed by atoms with Gasteiger partial charge in [0.25, 0.3) is 0 Å². The summed E-state index contributed by atoms with van der Waals surface area (Å²) in [5.41, 5.74) is 4.20. The minimum Gasteiger partial charge on any atom is -0.352 e. The highest BCUT2D eigenvalue weighted by atomic mass is 28.3. The van der Waals surface area contributed by atoms with Gasteiger partial charge in [0.15, 0.2) is 0 Å². The van der Waals surface area contributed by atoms with Crippen LogP contribution in [0.2, 0.25) is 19.6 Å². The second kappa shape index (κ2) is 8.37. The Morgan fingerprint density at radius 2 is 2.08 bits per heavy atom. The van der Waals surface area contributed by atoms with Crippen LogP contribution in [0.3, 0.4) is 0 Å². The van der Waals surface area contributed by atoms with Crippen LogP contribution in [0.5, 0.6) is 0 Å². The van der Waals surface area contributed by atoms with Gasteiger partial charge < -0.3 is 4.90 Å². The lowest BCUT2D eigenvalue weighted by Crippen LogP contribution is -2.51. The molecule has 1 N–H and O–H groups in total. The molecule has 2 unspecified atom stereocenters. The Bertz CT molecular complexity index is 616. The van der Waals surface area contributed by atoms with Gasteiger partial charge in [0.05, 0.1) is 14.1 Å². The lowest BCUT2D eigenvalue weighted by atomic mass is 9.87. The molecule has 3 heteroatoms. The molecule has 2 nitrogen and oxygen atoms in total. The van der Waals surface area contributed by atoms with Gasteiger partial charge in [-0.3, -0.25) is 5.32 Å². The van der Waals surface area contributed by atoms with Crippen LogP contribution in [0.15, 0.2) is 59.0 Å². The summed E-state index contributed by atoms with van der Waals surface area (Å²) < 4.78 is 0. The molecule has 1 aliphatic carbocycles. The van der Waals surface area contributed by atoms with Crippen LogP contribution in [-0.4, -0.2) is 32.2 Å². The Balaban J connectivity index is 2.46. The van der Waals surface area contributed by atoms with Crippen molar-refractivity contribution in [3.05, 3.63) is 59.0 Å². The highest BCUT2D eigenvalue weighted by Crippen LogP contribution is 2.36. The average Bonchev–Trinajstić information content (AvgIpc) is 2.55. The van der Waals surface area contributed by atoms with Crippen molar-refractivity contribution in [1.29, 1.82) is 0 Å². The molecule has 0 aromatic carbocycles. The van der Waals surface area contributed by atoms with E-state index in [0.29, 0.717) is 6.04 Å².